The molecule has 0 aromatic carbocycles. The monoisotopic (exact) mass is 522 g/mol. The van der Waals surface area contributed by atoms with E-state index in [1.54, 1.807) is 0 Å². The van der Waals surface area contributed by atoms with Crippen LogP contribution in [0.2, 0.25) is 0 Å². The van der Waals surface area contributed by atoms with Crippen molar-refractivity contribution in [2.75, 3.05) is 45.9 Å². The second-order valence-electron chi connectivity index (χ2n) is 8.18. The summed E-state index contributed by atoms with van der Waals surface area (Å²) in [6.07, 6.45) is -1.25. The van der Waals surface area contributed by atoms with Gasteiger partial charge in [-0.15, -0.1) is 6.58 Å². The molecule has 35 heavy (non-hydrogen) atoms. The van der Waals surface area contributed by atoms with Gasteiger partial charge in [0.1, 0.15) is 0 Å². The first kappa shape index (κ1) is 31.1. The van der Waals surface area contributed by atoms with E-state index >= 15 is 0 Å². The largest absolute Gasteiger partial charge is 0.490 e. The zero-order chi connectivity index (χ0) is 26.6. The molecular formula is C21H32F6N2O6. The molecule has 2 saturated heterocycles. The molecule has 0 radical (unpaired) electrons. The number of nitrogens with zero attached hydrogens (tertiary/aromatic N) is 2. The molecule has 2 N–H and O–H groups in total. The van der Waals surface area contributed by atoms with Crippen LogP contribution in [0, 0.1) is 0 Å². The number of aliphatic carboxylic acids is 2. The quantitative estimate of drug-likeness (QED) is 0.406. The number of alkyl halides is 6. The van der Waals surface area contributed by atoms with Gasteiger partial charge >= 0.3 is 24.3 Å². The fourth-order valence-corrected chi connectivity index (χ4v) is 4.10. The fraction of sp³-hybridized carbons (Fsp3) is 0.810. The molecule has 2 heterocycles. The van der Waals surface area contributed by atoms with E-state index in [9.17, 15) is 26.3 Å². The number of hydrogen-bond acceptors (Lipinski definition) is 6. The number of carbonyl (C=O) groups is 2. The van der Waals surface area contributed by atoms with Gasteiger partial charge in [0.2, 0.25) is 0 Å². The summed E-state index contributed by atoms with van der Waals surface area (Å²) in [5, 5.41) is 14.2. The Morgan fingerprint density at radius 3 is 1.97 bits per heavy atom. The Bertz CT molecular complexity index is 646. The van der Waals surface area contributed by atoms with Crippen LogP contribution in [0.1, 0.15) is 32.1 Å². The normalized spacial score (nSPS) is 25.4. The van der Waals surface area contributed by atoms with Crippen LogP contribution in [0.4, 0.5) is 26.3 Å². The van der Waals surface area contributed by atoms with E-state index in [4.69, 9.17) is 29.3 Å². The van der Waals surface area contributed by atoms with Gasteiger partial charge in [-0.05, 0) is 38.8 Å². The molecule has 14 heteroatoms. The highest BCUT2D eigenvalue weighted by atomic mass is 19.4. The molecule has 1 aliphatic carbocycles. The predicted molar refractivity (Wildman–Crippen MR) is 112 cm³/mol. The number of piperidine rings is 1. The summed E-state index contributed by atoms with van der Waals surface area (Å²) in [4.78, 5) is 23.0. The topological polar surface area (TPSA) is 99.5 Å². The summed E-state index contributed by atoms with van der Waals surface area (Å²) in [5.74, 6) is -5.51. The van der Waals surface area contributed by atoms with Gasteiger partial charge in [-0.1, -0.05) is 12.5 Å². The number of rotatable bonds is 6. The SMILES string of the molecule is C=CCOC1C2CCC1N(CCN1CCCCC1)CCO2.O=C(O)C(F)(F)F.O=C(O)C(F)(F)F. The van der Waals surface area contributed by atoms with Gasteiger partial charge in [0.25, 0.3) is 0 Å². The third-order valence-corrected chi connectivity index (χ3v) is 5.72. The van der Waals surface area contributed by atoms with E-state index in [0.717, 1.165) is 26.1 Å². The van der Waals surface area contributed by atoms with Gasteiger partial charge in [-0.2, -0.15) is 26.3 Å². The summed E-state index contributed by atoms with van der Waals surface area (Å²) in [7, 11) is 0. The molecule has 1 saturated carbocycles. The smallest absolute Gasteiger partial charge is 0.475 e. The van der Waals surface area contributed by atoms with Crippen molar-refractivity contribution in [3.8, 4) is 0 Å². The van der Waals surface area contributed by atoms with E-state index in [0.29, 0.717) is 18.8 Å². The predicted octanol–water partition coefficient (Wildman–Crippen LogP) is 3.17. The van der Waals surface area contributed by atoms with Crippen molar-refractivity contribution in [3.63, 3.8) is 0 Å². The van der Waals surface area contributed by atoms with Gasteiger partial charge in [-0.3, -0.25) is 4.90 Å². The minimum Gasteiger partial charge on any atom is -0.475 e. The maximum absolute atomic E-state index is 10.6. The van der Waals surface area contributed by atoms with Crippen molar-refractivity contribution in [2.45, 2.75) is 62.7 Å². The van der Waals surface area contributed by atoms with Crippen molar-refractivity contribution in [1.29, 1.82) is 0 Å². The number of hydrogen-bond donors (Lipinski definition) is 2. The molecule has 2 bridgehead atoms. The molecule has 0 amide bonds. The van der Waals surface area contributed by atoms with Crippen LogP contribution in [0.5, 0.6) is 0 Å². The third kappa shape index (κ3) is 11.6. The van der Waals surface area contributed by atoms with Crippen LogP contribution in [0.15, 0.2) is 12.7 Å². The summed E-state index contributed by atoms with van der Waals surface area (Å²) in [6.45, 7) is 11.3. The number of fused-ring (bicyclic) bond motifs is 2. The Morgan fingerprint density at radius 2 is 1.49 bits per heavy atom. The lowest BCUT2D eigenvalue weighted by molar-refractivity contribution is -0.193. The molecule has 8 nitrogen and oxygen atoms in total. The second-order valence-corrected chi connectivity index (χ2v) is 8.18. The molecule has 2 aliphatic heterocycles. The van der Waals surface area contributed by atoms with Crippen LogP contribution in [0.3, 0.4) is 0 Å². The van der Waals surface area contributed by atoms with Gasteiger partial charge in [0.05, 0.1) is 25.4 Å². The van der Waals surface area contributed by atoms with Crippen LogP contribution in [-0.2, 0) is 19.1 Å². The highest BCUT2D eigenvalue weighted by Gasteiger charge is 2.43. The lowest BCUT2D eigenvalue weighted by atomic mass is 10.1. The van der Waals surface area contributed by atoms with Crippen LogP contribution < -0.4 is 0 Å². The van der Waals surface area contributed by atoms with Crippen LogP contribution >= 0.6 is 0 Å². The average molecular weight is 522 g/mol. The van der Waals surface area contributed by atoms with E-state index in [1.165, 1.54) is 45.3 Å². The molecule has 3 fully saturated rings. The van der Waals surface area contributed by atoms with E-state index in [2.05, 4.69) is 16.4 Å². The highest BCUT2D eigenvalue weighted by molar-refractivity contribution is 5.73. The number of carboxylic acid groups (broad SMARTS) is 2. The molecule has 0 spiro atoms. The maximum Gasteiger partial charge on any atom is 0.490 e. The minimum atomic E-state index is -5.08. The number of carboxylic acids is 2. The Kier molecular flexibility index (Phi) is 13.0. The first-order valence-corrected chi connectivity index (χ1v) is 11.2. The lowest BCUT2D eigenvalue weighted by Gasteiger charge is -2.34. The number of halogens is 6. The van der Waals surface area contributed by atoms with Gasteiger partial charge in [0, 0.05) is 25.7 Å². The third-order valence-electron chi connectivity index (χ3n) is 5.72. The van der Waals surface area contributed by atoms with Crippen molar-refractivity contribution in [1.82, 2.24) is 9.80 Å². The highest BCUT2D eigenvalue weighted by Crippen LogP contribution is 2.32. The maximum atomic E-state index is 10.6. The van der Waals surface area contributed by atoms with E-state index in [-0.39, 0.29) is 6.10 Å². The molecular weight excluding hydrogens is 490 g/mol. The van der Waals surface area contributed by atoms with Gasteiger partial charge < -0.3 is 24.6 Å². The van der Waals surface area contributed by atoms with E-state index in [1.807, 2.05) is 6.08 Å². The Labute approximate surface area is 199 Å². The molecule has 3 aliphatic rings. The van der Waals surface area contributed by atoms with Crippen molar-refractivity contribution in [3.05, 3.63) is 12.7 Å². The molecule has 0 aromatic rings. The van der Waals surface area contributed by atoms with Crippen molar-refractivity contribution in [2.24, 2.45) is 0 Å². The molecule has 204 valence electrons. The van der Waals surface area contributed by atoms with Gasteiger partial charge in [0.15, 0.2) is 0 Å². The van der Waals surface area contributed by atoms with Crippen molar-refractivity contribution < 1.29 is 55.6 Å². The van der Waals surface area contributed by atoms with Crippen molar-refractivity contribution >= 4 is 11.9 Å². The van der Waals surface area contributed by atoms with E-state index < -0.39 is 24.3 Å². The minimum absolute atomic E-state index is 0.242. The second kappa shape index (κ2) is 14.6. The molecule has 3 unspecified atom stereocenters. The van der Waals surface area contributed by atoms with Gasteiger partial charge in [-0.25, -0.2) is 9.59 Å². The molecule has 3 rings (SSSR count). The fourth-order valence-electron chi connectivity index (χ4n) is 4.10. The Hall–Kier alpha value is -1.90. The standard InChI is InChI=1S/C17H30N2O2.2C2HF3O2/c1-2-13-21-17-15-6-7-16(17)20-14-12-19(15)11-10-18-8-4-3-5-9-18;2*3-2(4,5)1(6)7/h2,15-17H,1,3-14H2;2*(H,6,7). The molecule has 0 aromatic heterocycles. The number of ether oxygens (including phenoxy) is 2. The van der Waals surface area contributed by atoms with Crippen LogP contribution in [-0.4, -0.2) is 108 Å². The Morgan fingerprint density at radius 1 is 0.943 bits per heavy atom. The Balaban J connectivity index is 0.000000362. The lowest BCUT2D eigenvalue weighted by Crippen LogP contribution is -2.47. The zero-order valence-corrected chi connectivity index (χ0v) is 19.2. The number of likely N-dealkylation sites (tertiary alicyclic amines) is 1. The first-order chi connectivity index (χ1) is 16.3. The zero-order valence-electron chi connectivity index (χ0n) is 19.2. The first-order valence-electron chi connectivity index (χ1n) is 11.2. The summed E-state index contributed by atoms with van der Waals surface area (Å²) >= 11 is 0. The summed E-state index contributed by atoms with van der Waals surface area (Å²) in [5.41, 5.74) is 0. The summed E-state index contributed by atoms with van der Waals surface area (Å²) < 4.78 is 75.5. The van der Waals surface area contributed by atoms with Crippen LogP contribution in [0.25, 0.3) is 0 Å². The molecule has 3 atom stereocenters. The average Bonchev–Trinajstić information content (AvgIpc) is 3.07. The summed E-state index contributed by atoms with van der Waals surface area (Å²) in [6, 6.07) is 0.544.